The molecule has 0 aliphatic rings. The molecule has 0 radical (unpaired) electrons. The van der Waals surface area contributed by atoms with Crippen molar-refractivity contribution in [2.24, 2.45) is 0 Å². The van der Waals surface area contributed by atoms with Gasteiger partial charge in [-0.1, -0.05) is 37.7 Å². The SMILES string of the molecule is CC(C)c1ccc(Sc2cccnc2C(=O)O)cc1. The Morgan fingerprint density at radius 2 is 1.89 bits per heavy atom. The first-order chi connectivity index (χ1) is 9.08. The van der Waals surface area contributed by atoms with Gasteiger partial charge in [0.1, 0.15) is 0 Å². The molecular formula is C15H15NO2S. The second-order valence-corrected chi connectivity index (χ2v) is 5.60. The van der Waals surface area contributed by atoms with Crippen LogP contribution < -0.4 is 0 Å². The van der Waals surface area contributed by atoms with Gasteiger partial charge >= 0.3 is 5.97 Å². The lowest BCUT2D eigenvalue weighted by Crippen LogP contribution is -2.01. The molecule has 0 atom stereocenters. The number of aromatic carboxylic acids is 1. The van der Waals surface area contributed by atoms with Gasteiger partial charge in [-0.15, -0.1) is 0 Å². The van der Waals surface area contributed by atoms with Crippen molar-refractivity contribution in [2.75, 3.05) is 0 Å². The average molecular weight is 273 g/mol. The zero-order chi connectivity index (χ0) is 13.8. The molecule has 0 amide bonds. The minimum Gasteiger partial charge on any atom is -0.476 e. The maximum Gasteiger partial charge on any atom is 0.355 e. The van der Waals surface area contributed by atoms with Crippen molar-refractivity contribution in [2.45, 2.75) is 29.6 Å². The first-order valence-electron chi connectivity index (χ1n) is 6.04. The number of carboxylic acids is 1. The van der Waals surface area contributed by atoms with Gasteiger partial charge in [-0.25, -0.2) is 9.78 Å². The van der Waals surface area contributed by atoms with Crippen LogP contribution in [0.1, 0.15) is 35.8 Å². The fourth-order valence-electron chi connectivity index (χ4n) is 1.68. The number of rotatable bonds is 4. The zero-order valence-corrected chi connectivity index (χ0v) is 11.6. The quantitative estimate of drug-likeness (QED) is 0.912. The zero-order valence-electron chi connectivity index (χ0n) is 10.8. The van der Waals surface area contributed by atoms with Crippen molar-refractivity contribution in [3.63, 3.8) is 0 Å². The molecule has 0 aliphatic heterocycles. The second-order valence-electron chi connectivity index (χ2n) is 4.48. The van der Waals surface area contributed by atoms with Crippen LogP contribution in [0.25, 0.3) is 0 Å². The van der Waals surface area contributed by atoms with Crippen LogP contribution in [-0.4, -0.2) is 16.1 Å². The number of pyridine rings is 1. The van der Waals surface area contributed by atoms with Crippen LogP contribution in [0.5, 0.6) is 0 Å². The van der Waals surface area contributed by atoms with Gasteiger partial charge in [0, 0.05) is 16.0 Å². The van der Waals surface area contributed by atoms with E-state index in [1.54, 1.807) is 12.1 Å². The lowest BCUT2D eigenvalue weighted by atomic mass is 10.0. The Bertz CT molecular complexity index is 579. The molecule has 1 aromatic heterocycles. The average Bonchev–Trinajstić information content (AvgIpc) is 2.39. The number of hydrogen-bond donors (Lipinski definition) is 1. The Morgan fingerprint density at radius 3 is 2.47 bits per heavy atom. The van der Waals surface area contributed by atoms with E-state index in [1.165, 1.54) is 23.5 Å². The van der Waals surface area contributed by atoms with Crippen LogP contribution in [-0.2, 0) is 0 Å². The molecule has 1 aromatic carbocycles. The van der Waals surface area contributed by atoms with E-state index in [2.05, 4.69) is 31.0 Å². The molecule has 3 nitrogen and oxygen atoms in total. The molecule has 0 aliphatic carbocycles. The summed E-state index contributed by atoms with van der Waals surface area (Å²) < 4.78 is 0. The molecule has 98 valence electrons. The number of carboxylic acid groups (broad SMARTS) is 1. The maximum atomic E-state index is 11.1. The highest BCUT2D eigenvalue weighted by Crippen LogP contribution is 2.30. The number of benzene rings is 1. The minimum atomic E-state index is -0.998. The van der Waals surface area contributed by atoms with E-state index in [9.17, 15) is 4.79 Å². The Balaban J connectivity index is 2.24. The topological polar surface area (TPSA) is 50.2 Å². The van der Waals surface area contributed by atoms with E-state index in [4.69, 9.17) is 5.11 Å². The maximum absolute atomic E-state index is 11.1. The summed E-state index contributed by atoms with van der Waals surface area (Å²) in [6.45, 7) is 4.29. The summed E-state index contributed by atoms with van der Waals surface area (Å²) >= 11 is 1.42. The van der Waals surface area contributed by atoms with Crippen molar-refractivity contribution < 1.29 is 9.90 Å². The van der Waals surface area contributed by atoms with Crippen molar-refractivity contribution in [1.29, 1.82) is 0 Å². The van der Waals surface area contributed by atoms with Gasteiger partial charge in [0.05, 0.1) is 0 Å². The monoisotopic (exact) mass is 273 g/mol. The first kappa shape index (κ1) is 13.6. The first-order valence-corrected chi connectivity index (χ1v) is 6.85. The molecule has 1 heterocycles. The van der Waals surface area contributed by atoms with Gasteiger partial charge in [0.15, 0.2) is 5.69 Å². The van der Waals surface area contributed by atoms with Crippen LogP contribution in [0.4, 0.5) is 0 Å². The summed E-state index contributed by atoms with van der Waals surface area (Å²) in [5.41, 5.74) is 1.37. The van der Waals surface area contributed by atoms with Gasteiger partial charge < -0.3 is 5.11 Å². The van der Waals surface area contributed by atoms with Gasteiger partial charge in [-0.05, 0) is 35.7 Å². The Kier molecular flexibility index (Phi) is 4.22. The number of aromatic nitrogens is 1. The van der Waals surface area contributed by atoms with E-state index in [-0.39, 0.29) is 5.69 Å². The van der Waals surface area contributed by atoms with E-state index >= 15 is 0 Å². The van der Waals surface area contributed by atoms with Crippen LogP contribution in [0.15, 0.2) is 52.4 Å². The predicted molar refractivity (Wildman–Crippen MR) is 75.9 cm³/mol. The highest BCUT2D eigenvalue weighted by molar-refractivity contribution is 7.99. The molecule has 0 saturated heterocycles. The highest BCUT2D eigenvalue weighted by Gasteiger charge is 2.12. The number of hydrogen-bond acceptors (Lipinski definition) is 3. The third kappa shape index (κ3) is 3.35. The smallest absolute Gasteiger partial charge is 0.355 e. The van der Waals surface area contributed by atoms with Crippen molar-refractivity contribution in [3.05, 3.63) is 53.9 Å². The van der Waals surface area contributed by atoms with Gasteiger partial charge in [-0.3, -0.25) is 0 Å². The standard InChI is InChI=1S/C15H15NO2S/c1-10(2)11-5-7-12(8-6-11)19-13-4-3-9-16-14(13)15(17)18/h3-10H,1-2H3,(H,17,18). The van der Waals surface area contributed by atoms with Gasteiger partial charge in [-0.2, -0.15) is 0 Å². The predicted octanol–water partition coefficient (Wildman–Crippen LogP) is 4.05. The third-order valence-corrected chi connectivity index (χ3v) is 3.81. The lowest BCUT2D eigenvalue weighted by molar-refractivity contribution is 0.0686. The van der Waals surface area contributed by atoms with E-state index in [1.807, 2.05) is 12.1 Å². The summed E-state index contributed by atoms with van der Waals surface area (Å²) in [5.74, 6) is -0.506. The molecule has 4 heteroatoms. The summed E-state index contributed by atoms with van der Waals surface area (Å²) in [7, 11) is 0. The molecule has 0 saturated carbocycles. The van der Waals surface area contributed by atoms with Crippen LogP contribution in [0.3, 0.4) is 0 Å². The van der Waals surface area contributed by atoms with Crippen molar-refractivity contribution in [3.8, 4) is 0 Å². The molecule has 2 aromatic rings. The lowest BCUT2D eigenvalue weighted by Gasteiger charge is -2.07. The second kappa shape index (κ2) is 5.89. The summed E-state index contributed by atoms with van der Waals surface area (Å²) in [4.78, 5) is 16.7. The van der Waals surface area contributed by atoms with Gasteiger partial charge in [0.2, 0.25) is 0 Å². The third-order valence-electron chi connectivity index (χ3n) is 2.75. The Hall–Kier alpha value is -1.81. The van der Waals surface area contributed by atoms with Crippen LogP contribution in [0, 0.1) is 0 Å². The summed E-state index contributed by atoms with van der Waals surface area (Å²) in [6.07, 6.45) is 1.50. The fraction of sp³-hybridized carbons (Fsp3) is 0.200. The van der Waals surface area contributed by atoms with E-state index < -0.39 is 5.97 Å². The molecule has 0 bridgehead atoms. The Labute approximate surface area is 116 Å². The minimum absolute atomic E-state index is 0.0976. The molecule has 2 rings (SSSR count). The molecular weight excluding hydrogens is 258 g/mol. The highest BCUT2D eigenvalue weighted by atomic mass is 32.2. The fourth-order valence-corrected chi connectivity index (χ4v) is 2.59. The summed E-state index contributed by atoms with van der Waals surface area (Å²) in [6, 6.07) is 11.7. The molecule has 19 heavy (non-hydrogen) atoms. The van der Waals surface area contributed by atoms with E-state index in [0.717, 1.165) is 4.90 Å². The van der Waals surface area contributed by atoms with Gasteiger partial charge in [0.25, 0.3) is 0 Å². The van der Waals surface area contributed by atoms with Crippen molar-refractivity contribution >= 4 is 17.7 Å². The van der Waals surface area contributed by atoms with Crippen LogP contribution in [0.2, 0.25) is 0 Å². The molecule has 1 N–H and O–H groups in total. The van der Waals surface area contributed by atoms with Crippen molar-refractivity contribution in [1.82, 2.24) is 4.98 Å². The number of carbonyl (C=O) groups is 1. The normalized spacial score (nSPS) is 10.7. The molecule has 0 spiro atoms. The van der Waals surface area contributed by atoms with E-state index in [0.29, 0.717) is 10.8 Å². The Morgan fingerprint density at radius 1 is 1.21 bits per heavy atom. The summed E-state index contributed by atoms with van der Waals surface area (Å²) in [5, 5.41) is 9.08. The molecule has 0 unspecified atom stereocenters. The largest absolute Gasteiger partial charge is 0.476 e. The van der Waals surface area contributed by atoms with Crippen LogP contribution >= 0.6 is 11.8 Å². The molecule has 0 fully saturated rings. The number of nitrogens with zero attached hydrogens (tertiary/aromatic N) is 1.